The molecular weight excluding hydrogens is 316 g/mol. The average Bonchev–Trinajstić information content (AvgIpc) is 3.16. The summed E-state index contributed by atoms with van der Waals surface area (Å²) in [5.41, 5.74) is 2.39. The SMILES string of the molecule is Cc1cc(C(=O)N[C@@H]2CCS(=O)(=O)C2)c(C)n1Cc1ccco1. The van der Waals surface area contributed by atoms with Crippen LogP contribution in [0.3, 0.4) is 0 Å². The van der Waals surface area contributed by atoms with E-state index >= 15 is 0 Å². The molecule has 6 nitrogen and oxygen atoms in total. The molecule has 1 saturated heterocycles. The number of rotatable bonds is 4. The van der Waals surface area contributed by atoms with Gasteiger partial charge >= 0.3 is 0 Å². The number of nitrogens with one attached hydrogen (secondary N) is 1. The Kier molecular flexibility index (Phi) is 4.06. The van der Waals surface area contributed by atoms with Crippen LogP contribution in [-0.4, -0.2) is 36.4 Å². The maximum Gasteiger partial charge on any atom is 0.253 e. The Bertz CT molecular complexity index is 819. The molecule has 3 heterocycles. The van der Waals surface area contributed by atoms with Gasteiger partial charge in [0.2, 0.25) is 0 Å². The molecule has 2 aromatic rings. The van der Waals surface area contributed by atoms with Crippen molar-refractivity contribution in [2.24, 2.45) is 0 Å². The van der Waals surface area contributed by atoms with Gasteiger partial charge in [-0.2, -0.15) is 0 Å². The highest BCUT2D eigenvalue weighted by molar-refractivity contribution is 7.91. The van der Waals surface area contributed by atoms with Crippen molar-refractivity contribution in [3.63, 3.8) is 0 Å². The van der Waals surface area contributed by atoms with E-state index in [1.54, 1.807) is 6.26 Å². The molecule has 0 radical (unpaired) electrons. The largest absolute Gasteiger partial charge is 0.467 e. The highest BCUT2D eigenvalue weighted by Gasteiger charge is 2.29. The fourth-order valence-corrected chi connectivity index (χ4v) is 4.68. The molecule has 0 aromatic carbocycles. The first-order valence-electron chi connectivity index (χ1n) is 7.56. The number of aromatic nitrogens is 1. The van der Waals surface area contributed by atoms with Crippen molar-refractivity contribution in [3.05, 3.63) is 47.2 Å². The normalized spacial score (nSPS) is 19.8. The Labute approximate surface area is 135 Å². The van der Waals surface area contributed by atoms with Crippen LogP contribution in [0.25, 0.3) is 0 Å². The van der Waals surface area contributed by atoms with Gasteiger partial charge in [0.05, 0.1) is 29.9 Å². The molecule has 1 N–H and O–H groups in total. The summed E-state index contributed by atoms with van der Waals surface area (Å²) in [6.07, 6.45) is 2.11. The van der Waals surface area contributed by atoms with Gasteiger partial charge in [-0.1, -0.05) is 0 Å². The summed E-state index contributed by atoms with van der Waals surface area (Å²) in [4.78, 5) is 12.5. The maximum absolute atomic E-state index is 12.5. The quantitative estimate of drug-likeness (QED) is 0.921. The van der Waals surface area contributed by atoms with Crippen LogP contribution in [0.1, 0.15) is 33.9 Å². The number of amides is 1. The van der Waals surface area contributed by atoms with Crippen molar-refractivity contribution in [1.29, 1.82) is 0 Å². The van der Waals surface area contributed by atoms with Gasteiger partial charge in [0.25, 0.3) is 5.91 Å². The van der Waals surface area contributed by atoms with Gasteiger partial charge in [-0.3, -0.25) is 4.79 Å². The summed E-state index contributed by atoms with van der Waals surface area (Å²) in [5, 5.41) is 2.84. The van der Waals surface area contributed by atoms with E-state index in [4.69, 9.17) is 4.42 Å². The van der Waals surface area contributed by atoms with Gasteiger partial charge in [-0.05, 0) is 38.5 Å². The minimum Gasteiger partial charge on any atom is -0.467 e. The van der Waals surface area contributed by atoms with Crippen molar-refractivity contribution < 1.29 is 17.6 Å². The van der Waals surface area contributed by atoms with Gasteiger partial charge in [0, 0.05) is 17.4 Å². The van der Waals surface area contributed by atoms with Crippen LogP contribution >= 0.6 is 0 Å². The minimum absolute atomic E-state index is 0.0316. The van der Waals surface area contributed by atoms with E-state index in [1.165, 1.54) is 0 Å². The molecule has 0 saturated carbocycles. The van der Waals surface area contributed by atoms with Gasteiger partial charge < -0.3 is 14.3 Å². The van der Waals surface area contributed by atoms with Crippen molar-refractivity contribution in [2.75, 3.05) is 11.5 Å². The zero-order chi connectivity index (χ0) is 16.6. The zero-order valence-electron chi connectivity index (χ0n) is 13.2. The van der Waals surface area contributed by atoms with E-state index in [0.29, 0.717) is 18.5 Å². The standard InChI is InChI=1S/C16H20N2O4S/c1-11-8-15(12(2)18(11)9-14-4-3-6-22-14)16(19)17-13-5-7-23(20,21)10-13/h3-4,6,8,13H,5,7,9-10H2,1-2H3,(H,17,19)/t13-/m1/s1. The molecule has 0 spiro atoms. The first-order chi connectivity index (χ1) is 10.9. The minimum atomic E-state index is -3.00. The Morgan fingerprint density at radius 1 is 1.43 bits per heavy atom. The summed E-state index contributed by atoms with van der Waals surface area (Å²) in [7, 11) is -3.00. The maximum atomic E-state index is 12.5. The molecule has 0 unspecified atom stereocenters. The van der Waals surface area contributed by atoms with E-state index in [0.717, 1.165) is 17.1 Å². The lowest BCUT2D eigenvalue weighted by Gasteiger charge is -2.11. The Balaban J connectivity index is 1.76. The van der Waals surface area contributed by atoms with Crippen LogP contribution in [-0.2, 0) is 16.4 Å². The third-order valence-corrected chi connectivity index (χ3v) is 6.05. The number of nitrogens with zero attached hydrogens (tertiary/aromatic N) is 1. The molecule has 1 fully saturated rings. The molecule has 2 aromatic heterocycles. The number of furan rings is 1. The first kappa shape index (κ1) is 15.9. The first-order valence-corrected chi connectivity index (χ1v) is 9.38. The molecule has 3 rings (SSSR count). The number of carbonyl (C=O) groups excluding carboxylic acids is 1. The lowest BCUT2D eigenvalue weighted by molar-refractivity contribution is 0.0940. The lowest BCUT2D eigenvalue weighted by Crippen LogP contribution is -2.35. The van der Waals surface area contributed by atoms with Crippen LogP contribution in [0.2, 0.25) is 0 Å². The molecule has 7 heteroatoms. The van der Waals surface area contributed by atoms with Crippen LogP contribution in [0.15, 0.2) is 28.9 Å². The summed E-state index contributed by atoms with van der Waals surface area (Å²) >= 11 is 0. The summed E-state index contributed by atoms with van der Waals surface area (Å²) < 4.78 is 30.4. The van der Waals surface area contributed by atoms with E-state index in [9.17, 15) is 13.2 Å². The average molecular weight is 336 g/mol. The highest BCUT2D eigenvalue weighted by atomic mass is 32.2. The Morgan fingerprint density at radius 2 is 2.22 bits per heavy atom. The second-order valence-electron chi connectivity index (χ2n) is 6.02. The third kappa shape index (κ3) is 3.34. The molecule has 0 aliphatic carbocycles. The van der Waals surface area contributed by atoms with E-state index in [1.807, 2.05) is 36.6 Å². The van der Waals surface area contributed by atoms with E-state index in [-0.39, 0.29) is 23.5 Å². The second kappa shape index (κ2) is 5.88. The molecular formula is C16H20N2O4S. The number of aryl methyl sites for hydroxylation is 1. The molecule has 1 amide bonds. The van der Waals surface area contributed by atoms with Crippen molar-refractivity contribution in [2.45, 2.75) is 32.9 Å². The van der Waals surface area contributed by atoms with Gasteiger partial charge in [0.15, 0.2) is 9.84 Å². The summed E-state index contributed by atoms with van der Waals surface area (Å²) in [6.45, 7) is 4.39. The number of hydrogen-bond acceptors (Lipinski definition) is 4. The Morgan fingerprint density at radius 3 is 2.83 bits per heavy atom. The van der Waals surface area contributed by atoms with E-state index in [2.05, 4.69) is 5.32 Å². The van der Waals surface area contributed by atoms with Crippen LogP contribution in [0.5, 0.6) is 0 Å². The lowest BCUT2D eigenvalue weighted by atomic mass is 10.2. The fraction of sp³-hybridized carbons (Fsp3) is 0.438. The van der Waals surface area contributed by atoms with Crippen LogP contribution < -0.4 is 5.32 Å². The number of carbonyl (C=O) groups is 1. The summed E-state index contributed by atoms with van der Waals surface area (Å²) in [6, 6.07) is 5.26. The Hall–Kier alpha value is -2.02. The molecule has 0 bridgehead atoms. The van der Waals surface area contributed by atoms with Gasteiger partial charge in [0.1, 0.15) is 5.76 Å². The topological polar surface area (TPSA) is 81.3 Å². The second-order valence-corrected chi connectivity index (χ2v) is 8.25. The zero-order valence-corrected chi connectivity index (χ0v) is 14.0. The third-order valence-electron chi connectivity index (χ3n) is 4.28. The van der Waals surface area contributed by atoms with Crippen molar-refractivity contribution in [1.82, 2.24) is 9.88 Å². The number of hydrogen-bond donors (Lipinski definition) is 1. The molecule has 1 atom stereocenters. The summed E-state index contributed by atoms with van der Waals surface area (Å²) in [5.74, 6) is 0.783. The van der Waals surface area contributed by atoms with Crippen LogP contribution in [0, 0.1) is 13.8 Å². The molecule has 1 aliphatic heterocycles. The van der Waals surface area contributed by atoms with Crippen molar-refractivity contribution in [3.8, 4) is 0 Å². The fourth-order valence-electron chi connectivity index (χ4n) is 3.00. The molecule has 23 heavy (non-hydrogen) atoms. The molecule has 1 aliphatic rings. The van der Waals surface area contributed by atoms with E-state index < -0.39 is 9.84 Å². The highest BCUT2D eigenvalue weighted by Crippen LogP contribution is 2.19. The smallest absolute Gasteiger partial charge is 0.253 e. The monoisotopic (exact) mass is 336 g/mol. The van der Waals surface area contributed by atoms with Gasteiger partial charge in [-0.15, -0.1) is 0 Å². The predicted molar refractivity (Wildman–Crippen MR) is 86.2 cm³/mol. The predicted octanol–water partition coefficient (Wildman–Crippen LogP) is 1.66. The number of sulfone groups is 1. The van der Waals surface area contributed by atoms with Gasteiger partial charge in [-0.25, -0.2) is 8.42 Å². The van der Waals surface area contributed by atoms with Crippen molar-refractivity contribution >= 4 is 15.7 Å². The molecule has 124 valence electrons. The van der Waals surface area contributed by atoms with Crippen LogP contribution in [0.4, 0.5) is 0 Å².